The summed E-state index contributed by atoms with van der Waals surface area (Å²) >= 11 is 5.88. The zero-order valence-electron chi connectivity index (χ0n) is 13.9. The minimum Gasteiger partial charge on any atom is -0.502 e. The fourth-order valence-corrected chi connectivity index (χ4v) is 2.54. The van der Waals surface area contributed by atoms with Gasteiger partial charge in [-0.05, 0) is 56.3 Å². The van der Waals surface area contributed by atoms with Crippen molar-refractivity contribution in [3.05, 3.63) is 69.4 Å². The molecular formula is C20H17ClO4. The van der Waals surface area contributed by atoms with Gasteiger partial charge in [0.05, 0.1) is 0 Å². The fourth-order valence-electron chi connectivity index (χ4n) is 2.41. The number of allylic oxidation sites excluding steroid dienone is 1. The van der Waals surface area contributed by atoms with Crippen LogP contribution in [0, 0.1) is 0 Å². The third-order valence-corrected chi connectivity index (χ3v) is 3.95. The fraction of sp³-hybridized carbons (Fsp3) is 0.150. The van der Waals surface area contributed by atoms with Crippen LogP contribution >= 0.6 is 11.6 Å². The first kappa shape index (κ1) is 17.1. The summed E-state index contributed by atoms with van der Waals surface area (Å²) in [5.74, 6) is 0.0328. The van der Waals surface area contributed by atoms with E-state index < -0.39 is 11.2 Å². The van der Waals surface area contributed by atoms with Crippen LogP contribution in [0.15, 0.2) is 63.3 Å². The minimum absolute atomic E-state index is 0.107. The van der Waals surface area contributed by atoms with E-state index in [1.54, 1.807) is 42.5 Å². The van der Waals surface area contributed by atoms with Crippen LogP contribution in [0.2, 0.25) is 5.02 Å². The highest BCUT2D eigenvalue weighted by Crippen LogP contribution is 2.33. The van der Waals surface area contributed by atoms with E-state index in [-0.39, 0.29) is 11.1 Å². The van der Waals surface area contributed by atoms with Gasteiger partial charge in [0.1, 0.15) is 23.3 Å². The lowest BCUT2D eigenvalue weighted by atomic mass is 10.1. The molecule has 0 bridgehead atoms. The van der Waals surface area contributed by atoms with Gasteiger partial charge < -0.3 is 14.3 Å². The molecule has 5 heteroatoms. The number of ether oxygens (including phenoxy) is 1. The summed E-state index contributed by atoms with van der Waals surface area (Å²) in [5.41, 5.74) is 1.50. The molecule has 1 N–H and O–H groups in total. The van der Waals surface area contributed by atoms with Crippen LogP contribution in [0.25, 0.3) is 22.3 Å². The van der Waals surface area contributed by atoms with Gasteiger partial charge in [0.25, 0.3) is 0 Å². The predicted molar refractivity (Wildman–Crippen MR) is 99.5 cm³/mol. The second-order valence-corrected chi connectivity index (χ2v) is 6.27. The normalized spacial score (nSPS) is 10.7. The number of hydrogen-bond acceptors (Lipinski definition) is 4. The van der Waals surface area contributed by atoms with Gasteiger partial charge in [-0.2, -0.15) is 0 Å². The SMILES string of the molecule is CC(C)=CCOc1cccc2oc(-c3ccc(Cl)cc3)c(O)c(=O)c12. The highest BCUT2D eigenvalue weighted by atomic mass is 35.5. The molecule has 0 aliphatic carbocycles. The lowest BCUT2D eigenvalue weighted by Crippen LogP contribution is -2.06. The van der Waals surface area contributed by atoms with Crippen LogP contribution in [-0.4, -0.2) is 11.7 Å². The lowest BCUT2D eigenvalue weighted by molar-refractivity contribution is 0.365. The third-order valence-electron chi connectivity index (χ3n) is 3.69. The molecule has 128 valence electrons. The maximum atomic E-state index is 12.7. The van der Waals surface area contributed by atoms with Crippen molar-refractivity contribution in [1.29, 1.82) is 0 Å². The Morgan fingerprint density at radius 3 is 2.60 bits per heavy atom. The number of fused-ring (bicyclic) bond motifs is 1. The summed E-state index contributed by atoms with van der Waals surface area (Å²) < 4.78 is 11.4. The molecule has 0 radical (unpaired) electrons. The molecule has 3 rings (SSSR count). The largest absolute Gasteiger partial charge is 0.502 e. The van der Waals surface area contributed by atoms with E-state index >= 15 is 0 Å². The van der Waals surface area contributed by atoms with Crippen molar-refractivity contribution in [3.63, 3.8) is 0 Å². The average molecular weight is 357 g/mol. The summed E-state index contributed by atoms with van der Waals surface area (Å²) in [5, 5.41) is 11.1. The highest BCUT2D eigenvalue weighted by Gasteiger charge is 2.18. The van der Waals surface area contributed by atoms with E-state index in [2.05, 4.69) is 0 Å². The second kappa shape index (κ2) is 7.03. The van der Waals surface area contributed by atoms with E-state index in [0.717, 1.165) is 5.57 Å². The molecule has 4 nitrogen and oxygen atoms in total. The van der Waals surface area contributed by atoms with Crippen molar-refractivity contribution in [1.82, 2.24) is 0 Å². The summed E-state index contributed by atoms with van der Waals surface area (Å²) in [6.45, 7) is 4.26. The van der Waals surface area contributed by atoms with Crippen molar-refractivity contribution in [3.8, 4) is 22.8 Å². The standard InChI is InChI=1S/C20H17ClO4/c1-12(2)10-11-24-15-4-3-5-16-17(15)18(22)19(23)20(25-16)13-6-8-14(21)9-7-13/h3-10,23H,11H2,1-2H3. The van der Waals surface area contributed by atoms with E-state index in [9.17, 15) is 9.90 Å². The first-order valence-corrected chi connectivity index (χ1v) is 8.16. The molecule has 1 heterocycles. The lowest BCUT2D eigenvalue weighted by Gasteiger charge is -2.10. The summed E-state index contributed by atoms with van der Waals surface area (Å²) in [7, 11) is 0. The molecule has 0 unspecified atom stereocenters. The van der Waals surface area contributed by atoms with E-state index in [1.807, 2.05) is 19.9 Å². The smallest absolute Gasteiger partial charge is 0.238 e. The predicted octanol–water partition coefficient (Wildman–Crippen LogP) is 5.16. The van der Waals surface area contributed by atoms with Gasteiger partial charge in [0.2, 0.25) is 11.2 Å². The number of hydrogen-bond donors (Lipinski definition) is 1. The molecule has 0 saturated heterocycles. The topological polar surface area (TPSA) is 59.7 Å². The summed E-state index contributed by atoms with van der Waals surface area (Å²) in [6.07, 6.45) is 1.91. The Kier molecular flexibility index (Phi) is 4.81. The molecule has 25 heavy (non-hydrogen) atoms. The van der Waals surface area contributed by atoms with Crippen LogP contribution in [0.5, 0.6) is 11.5 Å². The maximum Gasteiger partial charge on any atom is 0.238 e. The molecule has 0 fully saturated rings. The van der Waals surface area contributed by atoms with Crippen molar-refractivity contribution in [2.75, 3.05) is 6.61 Å². The molecule has 0 saturated carbocycles. The molecule has 0 aliphatic heterocycles. The van der Waals surface area contributed by atoms with Crippen LogP contribution < -0.4 is 10.2 Å². The van der Waals surface area contributed by atoms with Gasteiger partial charge in [0.15, 0.2) is 5.76 Å². The molecule has 0 atom stereocenters. The van der Waals surface area contributed by atoms with Gasteiger partial charge in [-0.1, -0.05) is 23.2 Å². The van der Waals surface area contributed by atoms with Crippen molar-refractivity contribution >= 4 is 22.6 Å². The Morgan fingerprint density at radius 2 is 1.92 bits per heavy atom. The van der Waals surface area contributed by atoms with E-state index in [0.29, 0.717) is 28.5 Å². The van der Waals surface area contributed by atoms with Crippen LogP contribution in [0.1, 0.15) is 13.8 Å². The van der Waals surface area contributed by atoms with E-state index in [1.165, 1.54) is 0 Å². The Hall–Kier alpha value is -2.72. The Morgan fingerprint density at radius 1 is 1.20 bits per heavy atom. The van der Waals surface area contributed by atoms with Crippen molar-refractivity contribution in [2.45, 2.75) is 13.8 Å². The van der Waals surface area contributed by atoms with Gasteiger partial charge in [-0.15, -0.1) is 0 Å². The molecule has 0 amide bonds. The number of halogens is 1. The summed E-state index contributed by atoms with van der Waals surface area (Å²) in [6, 6.07) is 11.8. The Labute approximate surface area is 149 Å². The van der Waals surface area contributed by atoms with E-state index in [4.69, 9.17) is 20.8 Å². The third kappa shape index (κ3) is 3.54. The summed E-state index contributed by atoms with van der Waals surface area (Å²) in [4.78, 5) is 12.7. The van der Waals surface area contributed by atoms with Crippen molar-refractivity contribution in [2.24, 2.45) is 0 Å². The first-order chi connectivity index (χ1) is 12.0. The highest BCUT2D eigenvalue weighted by molar-refractivity contribution is 6.30. The second-order valence-electron chi connectivity index (χ2n) is 5.84. The molecule has 0 spiro atoms. The van der Waals surface area contributed by atoms with Crippen LogP contribution in [0.4, 0.5) is 0 Å². The minimum atomic E-state index is -0.529. The number of rotatable bonds is 4. The molecule has 1 aromatic heterocycles. The number of benzene rings is 2. The molecule has 0 aliphatic rings. The quantitative estimate of drug-likeness (QED) is 0.655. The Bertz CT molecular complexity index is 997. The van der Waals surface area contributed by atoms with Crippen LogP contribution in [-0.2, 0) is 0 Å². The average Bonchev–Trinajstić information content (AvgIpc) is 2.58. The monoisotopic (exact) mass is 356 g/mol. The van der Waals surface area contributed by atoms with Gasteiger partial charge in [-0.3, -0.25) is 4.79 Å². The zero-order chi connectivity index (χ0) is 18.0. The van der Waals surface area contributed by atoms with Gasteiger partial charge in [0, 0.05) is 10.6 Å². The van der Waals surface area contributed by atoms with Gasteiger partial charge >= 0.3 is 0 Å². The molecule has 2 aromatic carbocycles. The van der Waals surface area contributed by atoms with Crippen molar-refractivity contribution < 1.29 is 14.3 Å². The first-order valence-electron chi connectivity index (χ1n) is 7.78. The molecule has 3 aromatic rings. The Balaban J connectivity index is 2.13. The number of aromatic hydroxyl groups is 1. The van der Waals surface area contributed by atoms with Gasteiger partial charge in [-0.25, -0.2) is 0 Å². The maximum absolute atomic E-state index is 12.7. The zero-order valence-corrected chi connectivity index (χ0v) is 14.6. The molecular weight excluding hydrogens is 340 g/mol. The van der Waals surface area contributed by atoms with Crippen LogP contribution in [0.3, 0.4) is 0 Å².